The topological polar surface area (TPSA) is 52.6 Å². The average Bonchev–Trinajstić information content (AvgIpc) is 2.32. The minimum Gasteiger partial charge on any atom is -0.491 e. The van der Waals surface area contributed by atoms with Gasteiger partial charge in [0, 0.05) is 17.3 Å². The van der Waals surface area contributed by atoms with Crippen molar-refractivity contribution in [2.75, 3.05) is 19.8 Å². The SMILES string of the molecule is CC(C)CCOCCOc1ccc(S(=O)(=O)Cl)cc1. The van der Waals surface area contributed by atoms with Gasteiger partial charge in [-0.15, -0.1) is 0 Å². The van der Waals surface area contributed by atoms with Crippen LogP contribution in [-0.2, 0) is 13.8 Å². The normalized spacial score (nSPS) is 11.8. The zero-order valence-electron chi connectivity index (χ0n) is 11.1. The molecule has 0 atom stereocenters. The van der Waals surface area contributed by atoms with Crippen molar-refractivity contribution in [2.24, 2.45) is 5.92 Å². The van der Waals surface area contributed by atoms with E-state index in [0.717, 1.165) is 13.0 Å². The van der Waals surface area contributed by atoms with Gasteiger partial charge < -0.3 is 9.47 Å². The lowest BCUT2D eigenvalue weighted by Gasteiger charge is -2.08. The van der Waals surface area contributed by atoms with E-state index in [9.17, 15) is 8.42 Å². The minimum absolute atomic E-state index is 0.0645. The van der Waals surface area contributed by atoms with E-state index in [1.54, 1.807) is 12.1 Å². The molecule has 4 nitrogen and oxygen atoms in total. The second kappa shape index (κ2) is 7.72. The van der Waals surface area contributed by atoms with Crippen LogP contribution in [-0.4, -0.2) is 28.2 Å². The lowest BCUT2D eigenvalue weighted by atomic mass is 10.1. The first-order chi connectivity index (χ1) is 8.89. The fourth-order valence-electron chi connectivity index (χ4n) is 1.34. The molecule has 0 bridgehead atoms. The molecule has 0 aliphatic rings. The van der Waals surface area contributed by atoms with E-state index in [4.69, 9.17) is 20.2 Å². The Hall–Kier alpha value is -0.780. The van der Waals surface area contributed by atoms with E-state index in [1.807, 2.05) is 0 Å². The van der Waals surface area contributed by atoms with Crippen molar-refractivity contribution in [1.82, 2.24) is 0 Å². The first kappa shape index (κ1) is 16.3. The van der Waals surface area contributed by atoms with Crippen LogP contribution in [0, 0.1) is 5.92 Å². The highest BCUT2D eigenvalue weighted by Gasteiger charge is 2.08. The zero-order chi connectivity index (χ0) is 14.3. The van der Waals surface area contributed by atoms with Crippen molar-refractivity contribution >= 4 is 19.7 Å². The number of benzene rings is 1. The molecule has 0 heterocycles. The predicted octanol–water partition coefficient (Wildman–Crippen LogP) is 3.06. The van der Waals surface area contributed by atoms with Gasteiger partial charge in [0.1, 0.15) is 12.4 Å². The Morgan fingerprint density at radius 2 is 1.74 bits per heavy atom. The summed E-state index contributed by atoms with van der Waals surface area (Å²) in [5.74, 6) is 1.22. The molecule has 19 heavy (non-hydrogen) atoms. The lowest BCUT2D eigenvalue weighted by Crippen LogP contribution is -2.08. The molecular formula is C13H19ClO4S. The van der Waals surface area contributed by atoms with Gasteiger partial charge in [0.15, 0.2) is 0 Å². The smallest absolute Gasteiger partial charge is 0.261 e. The van der Waals surface area contributed by atoms with Crippen LogP contribution in [0.25, 0.3) is 0 Å². The van der Waals surface area contributed by atoms with E-state index >= 15 is 0 Å². The van der Waals surface area contributed by atoms with Gasteiger partial charge in [0.05, 0.1) is 11.5 Å². The molecule has 6 heteroatoms. The van der Waals surface area contributed by atoms with E-state index in [-0.39, 0.29) is 4.90 Å². The van der Waals surface area contributed by atoms with Crippen LogP contribution in [0.5, 0.6) is 5.75 Å². The molecule has 0 fully saturated rings. The molecule has 0 N–H and O–H groups in total. The monoisotopic (exact) mass is 306 g/mol. The number of hydrogen-bond acceptors (Lipinski definition) is 4. The number of rotatable bonds is 8. The van der Waals surface area contributed by atoms with Gasteiger partial charge in [-0.1, -0.05) is 13.8 Å². The summed E-state index contributed by atoms with van der Waals surface area (Å²) in [5, 5.41) is 0. The largest absolute Gasteiger partial charge is 0.491 e. The average molecular weight is 307 g/mol. The highest BCUT2D eigenvalue weighted by Crippen LogP contribution is 2.18. The first-order valence-electron chi connectivity index (χ1n) is 6.15. The van der Waals surface area contributed by atoms with Gasteiger partial charge in [0.2, 0.25) is 0 Å². The van der Waals surface area contributed by atoms with E-state index in [0.29, 0.717) is 24.9 Å². The van der Waals surface area contributed by atoms with Crippen molar-refractivity contribution in [3.8, 4) is 5.75 Å². The molecule has 0 aliphatic carbocycles. The zero-order valence-corrected chi connectivity index (χ0v) is 12.7. The maximum atomic E-state index is 11.0. The summed E-state index contributed by atoms with van der Waals surface area (Å²) in [6, 6.07) is 5.97. The van der Waals surface area contributed by atoms with Crippen molar-refractivity contribution in [3.05, 3.63) is 24.3 Å². The summed E-state index contributed by atoms with van der Waals surface area (Å²) in [4.78, 5) is 0.0645. The van der Waals surface area contributed by atoms with Gasteiger partial charge in [0.25, 0.3) is 9.05 Å². The second-order valence-corrected chi connectivity index (χ2v) is 7.12. The van der Waals surface area contributed by atoms with Gasteiger partial charge >= 0.3 is 0 Å². The highest BCUT2D eigenvalue weighted by molar-refractivity contribution is 8.13. The molecule has 0 amide bonds. The number of hydrogen-bond donors (Lipinski definition) is 0. The maximum absolute atomic E-state index is 11.0. The number of ether oxygens (including phenoxy) is 2. The van der Waals surface area contributed by atoms with Crippen molar-refractivity contribution in [2.45, 2.75) is 25.2 Å². The van der Waals surface area contributed by atoms with Crippen LogP contribution in [0.3, 0.4) is 0 Å². The Morgan fingerprint density at radius 1 is 1.11 bits per heavy atom. The Labute approximate surface area is 119 Å². The molecule has 0 radical (unpaired) electrons. The summed E-state index contributed by atoms with van der Waals surface area (Å²) in [6.45, 7) is 5.97. The van der Waals surface area contributed by atoms with Crippen molar-refractivity contribution < 1.29 is 17.9 Å². The van der Waals surface area contributed by atoms with Gasteiger partial charge in [-0.25, -0.2) is 8.42 Å². The molecule has 0 spiro atoms. The molecule has 0 saturated carbocycles. The van der Waals surface area contributed by atoms with Crippen LogP contribution < -0.4 is 4.74 Å². The van der Waals surface area contributed by atoms with Crippen molar-refractivity contribution in [1.29, 1.82) is 0 Å². The predicted molar refractivity (Wildman–Crippen MR) is 75.2 cm³/mol. The summed E-state index contributed by atoms with van der Waals surface area (Å²) in [6.07, 6.45) is 1.03. The summed E-state index contributed by atoms with van der Waals surface area (Å²) < 4.78 is 32.9. The Balaban J connectivity index is 2.27. The summed E-state index contributed by atoms with van der Waals surface area (Å²) in [5.41, 5.74) is 0. The standard InChI is InChI=1S/C13H19ClO4S/c1-11(2)7-8-17-9-10-18-12-3-5-13(6-4-12)19(14,15)16/h3-6,11H,7-10H2,1-2H3. The third-order valence-electron chi connectivity index (χ3n) is 2.44. The molecule has 1 aromatic rings. The highest BCUT2D eigenvalue weighted by atomic mass is 35.7. The van der Waals surface area contributed by atoms with E-state index in [2.05, 4.69) is 13.8 Å². The molecule has 108 valence electrons. The fraction of sp³-hybridized carbons (Fsp3) is 0.538. The van der Waals surface area contributed by atoms with Gasteiger partial charge in [-0.05, 0) is 36.6 Å². The Bertz CT molecular complexity index is 468. The van der Waals surface area contributed by atoms with Gasteiger partial charge in [-0.3, -0.25) is 0 Å². The molecule has 0 saturated heterocycles. The quantitative estimate of drug-likeness (QED) is 0.547. The molecular weight excluding hydrogens is 288 g/mol. The molecule has 0 unspecified atom stereocenters. The van der Waals surface area contributed by atoms with Crippen LogP contribution >= 0.6 is 10.7 Å². The van der Waals surface area contributed by atoms with Crippen LogP contribution in [0.15, 0.2) is 29.2 Å². The second-order valence-electron chi connectivity index (χ2n) is 4.55. The minimum atomic E-state index is -3.67. The Kier molecular flexibility index (Phi) is 6.62. The summed E-state index contributed by atoms with van der Waals surface area (Å²) >= 11 is 0. The van der Waals surface area contributed by atoms with Crippen molar-refractivity contribution in [3.63, 3.8) is 0 Å². The van der Waals surface area contributed by atoms with E-state index in [1.165, 1.54) is 12.1 Å². The van der Waals surface area contributed by atoms with Gasteiger partial charge in [-0.2, -0.15) is 0 Å². The first-order valence-corrected chi connectivity index (χ1v) is 8.46. The Morgan fingerprint density at radius 3 is 2.26 bits per heavy atom. The summed E-state index contributed by atoms with van der Waals surface area (Å²) in [7, 11) is 1.54. The molecule has 0 aromatic heterocycles. The van der Waals surface area contributed by atoms with Crippen LogP contribution in [0.4, 0.5) is 0 Å². The van der Waals surface area contributed by atoms with Crippen LogP contribution in [0.2, 0.25) is 0 Å². The molecule has 1 aromatic carbocycles. The maximum Gasteiger partial charge on any atom is 0.261 e. The lowest BCUT2D eigenvalue weighted by molar-refractivity contribution is 0.0925. The molecule has 1 rings (SSSR count). The molecule has 0 aliphatic heterocycles. The fourth-order valence-corrected chi connectivity index (χ4v) is 2.11. The third-order valence-corrected chi connectivity index (χ3v) is 3.81. The van der Waals surface area contributed by atoms with E-state index < -0.39 is 9.05 Å². The third kappa shape index (κ3) is 6.80. The number of halogens is 1. The van der Waals surface area contributed by atoms with Crippen LogP contribution in [0.1, 0.15) is 20.3 Å².